The molecule has 3 aromatic rings. The van der Waals surface area contributed by atoms with Crippen LogP contribution in [-0.2, 0) is 4.74 Å². The molecule has 1 unspecified atom stereocenters. The van der Waals surface area contributed by atoms with E-state index in [2.05, 4.69) is 26.0 Å². The van der Waals surface area contributed by atoms with Crippen LogP contribution in [0.15, 0.2) is 29.3 Å². The quantitative estimate of drug-likeness (QED) is 0.517. The van der Waals surface area contributed by atoms with Gasteiger partial charge in [0.2, 0.25) is 5.75 Å². The lowest BCUT2D eigenvalue weighted by molar-refractivity contribution is 0.00732. The van der Waals surface area contributed by atoms with Gasteiger partial charge in [0.05, 0.1) is 24.9 Å². The molecule has 5 rings (SSSR count). The SMILES string of the molecule is CO[C@@H]1CCC1NC(=O)c1cnn2c3c(c(Nc4cccn(C(C)C)c4=O)nc12)OCCN3. The molecule has 0 bridgehead atoms. The molecule has 3 N–H and O–H groups in total. The van der Waals surface area contributed by atoms with Crippen molar-refractivity contribution >= 4 is 28.9 Å². The highest BCUT2D eigenvalue weighted by Crippen LogP contribution is 2.36. The number of fused-ring (bicyclic) bond motifs is 3. The molecule has 4 heterocycles. The van der Waals surface area contributed by atoms with Gasteiger partial charge in [-0.15, -0.1) is 0 Å². The largest absolute Gasteiger partial charge is 0.485 e. The summed E-state index contributed by atoms with van der Waals surface area (Å²) in [4.78, 5) is 30.6. The summed E-state index contributed by atoms with van der Waals surface area (Å²) in [7, 11) is 1.65. The summed E-state index contributed by atoms with van der Waals surface area (Å²) in [5.41, 5.74) is 0.888. The summed E-state index contributed by atoms with van der Waals surface area (Å²) in [5.74, 6) is 1.10. The summed E-state index contributed by atoms with van der Waals surface area (Å²) < 4.78 is 14.4. The van der Waals surface area contributed by atoms with Gasteiger partial charge < -0.3 is 30.0 Å². The van der Waals surface area contributed by atoms with Gasteiger partial charge in [-0.1, -0.05) is 0 Å². The molecule has 1 fully saturated rings. The van der Waals surface area contributed by atoms with E-state index in [0.29, 0.717) is 47.4 Å². The number of hydrogen-bond acceptors (Lipinski definition) is 8. The standard InChI is InChI=1S/C22H27N7O4/c1-12(2)28-9-4-5-15(22(28)31)25-18-17-20(23-8-10-33-17)29-19(27-18)13(11-24-29)21(30)26-14-6-7-16(14)32-3/h4-5,9,11-12,14,16,23H,6-8,10H2,1-3H3,(H,25,27)(H,26,30)/t14?,16-/m1/s1. The Labute approximate surface area is 190 Å². The Morgan fingerprint density at radius 3 is 2.94 bits per heavy atom. The lowest BCUT2D eigenvalue weighted by Gasteiger charge is -2.35. The van der Waals surface area contributed by atoms with Gasteiger partial charge >= 0.3 is 0 Å². The smallest absolute Gasteiger partial charge is 0.274 e. The van der Waals surface area contributed by atoms with Crippen molar-refractivity contribution in [3.05, 3.63) is 40.4 Å². The van der Waals surface area contributed by atoms with Gasteiger partial charge in [0.25, 0.3) is 11.5 Å². The third-order valence-corrected chi connectivity index (χ3v) is 6.10. The molecule has 11 nitrogen and oxygen atoms in total. The lowest BCUT2D eigenvalue weighted by atomic mass is 9.89. The zero-order valence-electron chi connectivity index (χ0n) is 18.8. The Morgan fingerprint density at radius 2 is 2.21 bits per heavy atom. The van der Waals surface area contributed by atoms with Crippen molar-refractivity contribution in [2.75, 3.05) is 30.9 Å². The molecule has 3 aromatic heterocycles. The average molecular weight is 454 g/mol. The molecule has 174 valence electrons. The number of hydrogen-bond donors (Lipinski definition) is 3. The Balaban J connectivity index is 1.55. The van der Waals surface area contributed by atoms with Crippen LogP contribution < -0.4 is 26.2 Å². The van der Waals surface area contributed by atoms with Crippen LogP contribution in [0, 0.1) is 0 Å². The van der Waals surface area contributed by atoms with E-state index in [1.807, 2.05) is 13.8 Å². The normalized spacial score (nSPS) is 19.4. The molecule has 1 saturated carbocycles. The lowest BCUT2D eigenvalue weighted by Crippen LogP contribution is -2.51. The highest BCUT2D eigenvalue weighted by molar-refractivity contribution is 6.00. The van der Waals surface area contributed by atoms with Crippen molar-refractivity contribution in [1.29, 1.82) is 0 Å². The maximum Gasteiger partial charge on any atom is 0.274 e. The Morgan fingerprint density at radius 1 is 1.36 bits per heavy atom. The summed E-state index contributed by atoms with van der Waals surface area (Å²) >= 11 is 0. The van der Waals surface area contributed by atoms with E-state index in [9.17, 15) is 9.59 Å². The van der Waals surface area contributed by atoms with Crippen molar-refractivity contribution in [3.8, 4) is 5.75 Å². The Bertz CT molecular complexity index is 1260. The predicted molar refractivity (Wildman–Crippen MR) is 123 cm³/mol. The summed E-state index contributed by atoms with van der Waals surface area (Å²) in [6.45, 7) is 4.90. The van der Waals surface area contributed by atoms with Gasteiger partial charge in [-0.25, -0.2) is 4.98 Å². The second-order valence-electron chi connectivity index (χ2n) is 8.49. The van der Waals surface area contributed by atoms with E-state index in [1.165, 1.54) is 6.20 Å². The van der Waals surface area contributed by atoms with Crippen LogP contribution in [0.25, 0.3) is 5.65 Å². The number of rotatable bonds is 6. The molecule has 0 saturated heterocycles. The number of pyridine rings is 1. The molecular weight excluding hydrogens is 426 g/mol. The maximum atomic E-state index is 13.0. The fourth-order valence-electron chi connectivity index (χ4n) is 4.14. The summed E-state index contributed by atoms with van der Waals surface area (Å²) in [5, 5.41) is 13.8. The van der Waals surface area contributed by atoms with E-state index in [4.69, 9.17) is 9.47 Å². The van der Waals surface area contributed by atoms with Gasteiger partial charge in [0, 0.05) is 19.3 Å². The molecule has 0 aromatic carbocycles. The molecular formula is C22H27N7O4. The van der Waals surface area contributed by atoms with Crippen LogP contribution in [0.1, 0.15) is 43.1 Å². The average Bonchev–Trinajstić information content (AvgIpc) is 3.22. The van der Waals surface area contributed by atoms with Crippen LogP contribution in [0.4, 0.5) is 17.3 Å². The van der Waals surface area contributed by atoms with Crippen molar-refractivity contribution in [2.45, 2.75) is 44.9 Å². The predicted octanol–water partition coefficient (Wildman–Crippen LogP) is 1.93. The highest BCUT2D eigenvalue weighted by Gasteiger charge is 2.33. The summed E-state index contributed by atoms with van der Waals surface area (Å²) in [6, 6.07) is 3.47. The number of aromatic nitrogens is 4. The van der Waals surface area contributed by atoms with Gasteiger partial charge in [-0.05, 0) is 38.8 Å². The minimum Gasteiger partial charge on any atom is -0.485 e. The fourth-order valence-corrected chi connectivity index (χ4v) is 4.14. The van der Waals surface area contributed by atoms with Crippen molar-refractivity contribution in [1.82, 2.24) is 24.5 Å². The number of nitrogens with one attached hydrogen (secondary N) is 3. The van der Waals surface area contributed by atoms with Crippen LogP contribution in [0.3, 0.4) is 0 Å². The minimum absolute atomic E-state index is 0.00841. The second-order valence-corrected chi connectivity index (χ2v) is 8.49. The molecule has 33 heavy (non-hydrogen) atoms. The van der Waals surface area contributed by atoms with Crippen LogP contribution in [-0.4, -0.2) is 57.5 Å². The number of amides is 1. The second kappa shape index (κ2) is 8.39. The molecule has 0 radical (unpaired) electrons. The van der Waals surface area contributed by atoms with Gasteiger partial charge in [-0.2, -0.15) is 9.61 Å². The minimum atomic E-state index is -0.270. The van der Waals surface area contributed by atoms with E-state index in [-0.39, 0.29) is 29.7 Å². The molecule has 1 amide bonds. The first-order valence-electron chi connectivity index (χ1n) is 11.1. The van der Waals surface area contributed by atoms with Crippen molar-refractivity contribution < 1.29 is 14.3 Å². The highest BCUT2D eigenvalue weighted by atomic mass is 16.5. The van der Waals surface area contributed by atoms with Crippen LogP contribution in [0.2, 0.25) is 0 Å². The van der Waals surface area contributed by atoms with Gasteiger partial charge in [-0.3, -0.25) is 9.59 Å². The third-order valence-electron chi connectivity index (χ3n) is 6.10. The first-order valence-corrected chi connectivity index (χ1v) is 11.1. The first-order chi connectivity index (χ1) is 16.0. The molecule has 1 aliphatic carbocycles. The molecule has 2 atom stereocenters. The molecule has 2 aliphatic rings. The molecule has 1 aliphatic heterocycles. The monoisotopic (exact) mass is 453 g/mol. The number of carbonyl (C=O) groups excluding carboxylic acids is 1. The van der Waals surface area contributed by atoms with Crippen LogP contribution >= 0.6 is 0 Å². The maximum absolute atomic E-state index is 13.0. The number of nitrogens with zero attached hydrogens (tertiary/aromatic N) is 4. The van der Waals surface area contributed by atoms with E-state index < -0.39 is 0 Å². The zero-order valence-corrected chi connectivity index (χ0v) is 18.8. The first kappa shape index (κ1) is 21.3. The molecule has 11 heteroatoms. The topological polar surface area (TPSA) is 124 Å². The van der Waals surface area contributed by atoms with Gasteiger partial charge in [0.1, 0.15) is 17.9 Å². The Kier molecular flexibility index (Phi) is 5.41. The number of methoxy groups -OCH3 is 1. The number of anilines is 3. The number of ether oxygens (including phenoxy) is 2. The fraction of sp³-hybridized carbons (Fsp3) is 0.455. The van der Waals surface area contributed by atoms with E-state index >= 15 is 0 Å². The van der Waals surface area contributed by atoms with Gasteiger partial charge in [0.15, 0.2) is 17.3 Å². The molecule has 0 spiro atoms. The van der Waals surface area contributed by atoms with Crippen LogP contribution in [0.5, 0.6) is 5.75 Å². The summed E-state index contributed by atoms with van der Waals surface area (Å²) in [6.07, 6.45) is 5.04. The van der Waals surface area contributed by atoms with E-state index in [0.717, 1.165) is 12.8 Å². The van der Waals surface area contributed by atoms with E-state index in [1.54, 1.807) is 34.5 Å². The van der Waals surface area contributed by atoms with Crippen molar-refractivity contribution in [2.24, 2.45) is 0 Å². The Hall–Kier alpha value is -3.60. The zero-order chi connectivity index (χ0) is 23.1. The van der Waals surface area contributed by atoms with Crippen molar-refractivity contribution in [3.63, 3.8) is 0 Å². The number of carbonyl (C=O) groups is 1. The third kappa shape index (κ3) is 3.67.